The van der Waals surface area contributed by atoms with Crippen LogP contribution in [0.3, 0.4) is 0 Å². The highest BCUT2D eigenvalue weighted by Crippen LogP contribution is 2.30. The molecule has 0 unspecified atom stereocenters. The number of nitrogens with one attached hydrogen (secondary N) is 2. The fourth-order valence-corrected chi connectivity index (χ4v) is 2.95. The number of aromatic nitrogens is 2. The van der Waals surface area contributed by atoms with Crippen molar-refractivity contribution >= 4 is 11.7 Å². The molecule has 1 aromatic carbocycles. The molecule has 0 aliphatic heterocycles. The molecule has 1 heterocycles. The van der Waals surface area contributed by atoms with Gasteiger partial charge in [0.25, 0.3) is 0 Å². The van der Waals surface area contributed by atoms with Crippen LogP contribution in [0, 0.1) is 6.92 Å². The van der Waals surface area contributed by atoms with Crippen LogP contribution < -0.4 is 15.4 Å². The number of anilines is 1. The topological polar surface area (TPSA) is 68.2 Å². The summed E-state index contributed by atoms with van der Waals surface area (Å²) < 4.78 is 7.99. The summed E-state index contributed by atoms with van der Waals surface area (Å²) in [5.74, 6) is 0.859. The van der Waals surface area contributed by atoms with Gasteiger partial charge in [-0.1, -0.05) is 6.07 Å². The Morgan fingerprint density at radius 2 is 2.21 bits per heavy atom. The highest BCUT2D eigenvalue weighted by molar-refractivity contribution is 5.90. The van der Waals surface area contributed by atoms with Crippen LogP contribution in [0.2, 0.25) is 0 Å². The summed E-state index contributed by atoms with van der Waals surface area (Å²) in [4.78, 5) is 16.0. The van der Waals surface area contributed by atoms with Gasteiger partial charge in [-0.2, -0.15) is 0 Å². The average molecular weight is 328 g/mol. The number of imidazole rings is 1. The maximum atomic E-state index is 12.1. The van der Waals surface area contributed by atoms with Crippen molar-refractivity contribution in [2.24, 2.45) is 0 Å². The van der Waals surface area contributed by atoms with E-state index in [-0.39, 0.29) is 6.03 Å². The van der Waals surface area contributed by atoms with Crippen LogP contribution in [0.5, 0.6) is 5.75 Å². The van der Waals surface area contributed by atoms with Gasteiger partial charge in [0.1, 0.15) is 5.75 Å². The van der Waals surface area contributed by atoms with Crippen molar-refractivity contribution in [3.8, 4) is 5.75 Å². The van der Waals surface area contributed by atoms with Crippen LogP contribution in [0.4, 0.5) is 10.5 Å². The molecule has 1 aliphatic carbocycles. The van der Waals surface area contributed by atoms with Crippen LogP contribution in [0.25, 0.3) is 0 Å². The average Bonchev–Trinajstić information content (AvgIpc) is 3.25. The zero-order chi connectivity index (χ0) is 16.8. The molecular weight excluding hydrogens is 304 g/mol. The number of carbonyl (C=O) groups is 1. The highest BCUT2D eigenvalue weighted by atomic mass is 16.5. The quantitative estimate of drug-likeness (QED) is 0.854. The van der Waals surface area contributed by atoms with Gasteiger partial charge in [0.05, 0.1) is 12.4 Å². The van der Waals surface area contributed by atoms with Crippen LogP contribution >= 0.6 is 0 Å². The summed E-state index contributed by atoms with van der Waals surface area (Å²) >= 11 is 0. The predicted molar refractivity (Wildman–Crippen MR) is 93.3 cm³/mol. The second-order valence-corrected chi connectivity index (χ2v) is 6.13. The summed E-state index contributed by atoms with van der Waals surface area (Å²) in [6, 6.07) is 5.57. The molecule has 0 spiro atoms. The maximum Gasteiger partial charge on any atom is 0.319 e. The normalized spacial score (nSPS) is 14.5. The van der Waals surface area contributed by atoms with Crippen molar-refractivity contribution in [1.29, 1.82) is 0 Å². The molecule has 1 saturated carbocycles. The van der Waals surface area contributed by atoms with Gasteiger partial charge in [-0.25, -0.2) is 9.78 Å². The molecule has 0 atom stereocenters. The number of carbonyl (C=O) groups excluding carboxylic acids is 1. The van der Waals surface area contributed by atoms with Crippen LogP contribution in [-0.2, 0) is 6.54 Å². The van der Waals surface area contributed by atoms with Gasteiger partial charge in [-0.15, -0.1) is 0 Å². The second-order valence-electron chi connectivity index (χ2n) is 6.13. The first-order valence-corrected chi connectivity index (χ1v) is 8.49. The van der Waals surface area contributed by atoms with E-state index in [9.17, 15) is 4.79 Å². The molecule has 0 saturated heterocycles. The van der Waals surface area contributed by atoms with Crippen LogP contribution in [-0.4, -0.2) is 28.2 Å². The summed E-state index contributed by atoms with van der Waals surface area (Å²) in [7, 11) is 0. The number of hydrogen-bond acceptors (Lipinski definition) is 3. The smallest absolute Gasteiger partial charge is 0.319 e. The summed E-state index contributed by atoms with van der Waals surface area (Å²) in [6.45, 7) is 3.21. The predicted octanol–water partition coefficient (Wildman–Crippen LogP) is 3.33. The van der Waals surface area contributed by atoms with E-state index in [1.165, 1.54) is 12.8 Å². The van der Waals surface area contributed by atoms with Crippen molar-refractivity contribution in [3.05, 3.63) is 42.5 Å². The molecule has 2 aromatic rings. The fourth-order valence-electron chi connectivity index (χ4n) is 2.95. The number of urea groups is 1. The monoisotopic (exact) mass is 328 g/mol. The number of hydrogen-bond donors (Lipinski definition) is 2. The van der Waals surface area contributed by atoms with E-state index in [0.29, 0.717) is 19.2 Å². The van der Waals surface area contributed by atoms with E-state index >= 15 is 0 Å². The number of nitrogens with zero attached hydrogens (tertiary/aromatic N) is 2. The van der Waals surface area contributed by atoms with E-state index in [2.05, 4.69) is 15.6 Å². The van der Waals surface area contributed by atoms with Gasteiger partial charge >= 0.3 is 6.03 Å². The third-order valence-electron chi connectivity index (χ3n) is 4.34. The van der Waals surface area contributed by atoms with E-state index in [1.54, 1.807) is 12.5 Å². The SMILES string of the molecule is Cc1c(NC(=O)NCCn2ccnc2)cccc1OC1CCCC1. The minimum atomic E-state index is -0.212. The third-order valence-corrected chi connectivity index (χ3v) is 4.34. The molecule has 6 nitrogen and oxygen atoms in total. The molecule has 2 amide bonds. The molecule has 2 N–H and O–H groups in total. The van der Waals surface area contributed by atoms with Crippen molar-refractivity contribution in [1.82, 2.24) is 14.9 Å². The number of ether oxygens (including phenoxy) is 1. The van der Waals surface area contributed by atoms with E-state index in [4.69, 9.17) is 4.74 Å². The Hall–Kier alpha value is -2.50. The summed E-state index contributed by atoms with van der Waals surface area (Å²) in [6.07, 6.45) is 10.3. The van der Waals surface area contributed by atoms with Gasteiger partial charge in [0.15, 0.2) is 0 Å². The zero-order valence-corrected chi connectivity index (χ0v) is 14.0. The lowest BCUT2D eigenvalue weighted by molar-refractivity contribution is 0.209. The van der Waals surface area contributed by atoms with Crippen molar-refractivity contribution < 1.29 is 9.53 Å². The van der Waals surface area contributed by atoms with Gasteiger partial charge < -0.3 is 19.9 Å². The molecule has 1 aromatic heterocycles. The second kappa shape index (κ2) is 7.86. The largest absolute Gasteiger partial charge is 0.490 e. The first-order valence-electron chi connectivity index (χ1n) is 8.49. The molecule has 24 heavy (non-hydrogen) atoms. The minimum absolute atomic E-state index is 0.212. The molecular formula is C18H24N4O2. The zero-order valence-electron chi connectivity index (χ0n) is 14.0. The molecule has 6 heteroatoms. The van der Waals surface area contributed by atoms with E-state index < -0.39 is 0 Å². The number of rotatable bonds is 6. The summed E-state index contributed by atoms with van der Waals surface area (Å²) in [5.41, 5.74) is 1.75. The Morgan fingerprint density at radius 3 is 2.96 bits per heavy atom. The maximum absolute atomic E-state index is 12.1. The summed E-state index contributed by atoms with van der Waals surface area (Å²) in [5, 5.41) is 5.75. The lowest BCUT2D eigenvalue weighted by atomic mass is 10.1. The number of amides is 2. The lowest BCUT2D eigenvalue weighted by Crippen LogP contribution is -2.31. The molecule has 128 valence electrons. The highest BCUT2D eigenvalue weighted by Gasteiger charge is 2.18. The third kappa shape index (κ3) is 4.28. The Kier molecular flexibility index (Phi) is 5.36. The van der Waals surface area contributed by atoms with Gasteiger partial charge in [-0.3, -0.25) is 0 Å². The Balaban J connectivity index is 1.52. The van der Waals surface area contributed by atoms with Gasteiger partial charge in [-0.05, 0) is 44.7 Å². The van der Waals surface area contributed by atoms with Crippen LogP contribution in [0.15, 0.2) is 36.9 Å². The lowest BCUT2D eigenvalue weighted by Gasteiger charge is -2.17. The Morgan fingerprint density at radius 1 is 1.38 bits per heavy atom. The fraction of sp³-hybridized carbons (Fsp3) is 0.444. The molecule has 0 bridgehead atoms. The molecule has 1 fully saturated rings. The minimum Gasteiger partial charge on any atom is -0.490 e. The van der Waals surface area contributed by atoms with Crippen molar-refractivity contribution in [2.45, 2.75) is 45.3 Å². The first kappa shape index (κ1) is 16.4. The van der Waals surface area contributed by atoms with Crippen molar-refractivity contribution in [3.63, 3.8) is 0 Å². The molecule has 0 radical (unpaired) electrons. The van der Waals surface area contributed by atoms with Gasteiger partial charge in [0, 0.05) is 36.7 Å². The first-order chi connectivity index (χ1) is 11.7. The van der Waals surface area contributed by atoms with Crippen LogP contribution in [0.1, 0.15) is 31.2 Å². The Bertz CT molecular complexity index is 664. The number of benzene rings is 1. The van der Waals surface area contributed by atoms with E-state index in [1.807, 2.05) is 35.9 Å². The standard InChI is InChI=1S/C18H24N4O2/c1-14-16(7-4-8-17(14)24-15-5-2-3-6-15)21-18(23)20-10-12-22-11-9-19-13-22/h4,7-9,11,13,15H,2-3,5-6,10,12H2,1H3,(H2,20,21,23). The Labute approximate surface area is 142 Å². The van der Waals surface area contributed by atoms with Gasteiger partial charge in [0.2, 0.25) is 0 Å². The van der Waals surface area contributed by atoms with Crippen molar-refractivity contribution in [2.75, 3.05) is 11.9 Å². The van der Waals surface area contributed by atoms with E-state index in [0.717, 1.165) is 29.8 Å². The molecule has 3 rings (SSSR count). The molecule has 1 aliphatic rings.